The zero-order valence-corrected chi connectivity index (χ0v) is 14.0. The van der Waals surface area contributed by atoms with Gasteiger partial charge in [-0.2, -0.15) is 12.7 Å². The molecule has 23 heavy (non-hydrogen) atoms. The van der Waals surface area contributed by atoms with Crippen LogP contribution in [0.4, 0.5) is 0 Å². The van der Waals surface area contributed by atoms with Crippen molar-refractivity contribution in [2.24, 2.45) is 11.1 Å². The van der Waals surface area contributed by atoms with Crippen LogP contribution < -0.4 is 15.2 Å². The molecule has 1 amide bonds. The van der Waals surface area contributed by atoms with E-state index in [1.807, 2.05) is 31.2 Å². The number of ether oxygens (including phenoxy) is 1. The SMILES string of the molecule is Cc1cccc(OCCNC(=O)C2CCN(S(N)(=O)=O)CC2)c1. The van der Waals surface area contributed by atoms with Gasteiger partial charge in [0.2, 0.25) is 5.91 Å². The van der Waals surface area contributed by atoms with Crippen molar-refractivity contribution in [3.63, 3.8) is 0 Å². The highest BCUT2D eigenvalue weighted by Crippen LogP contribution is 2.18. The molecule has 1 fully saturated rings. The molecule has 8 heteroatoms. The van der Waals surface area contributed by atoms with E-state index in [0.717, 1.165) is 11.3 Å². The fourth-order valence-corrected chi connectivity index (χ4v) is 3.28. The van der Waals surface area contributed by atoms with E-state index in [-0.39, 0.29) is 24.9 Å². The van der Waals surface area contributed by atoms with Crippen molar-refractivity contribution in [2.45, 2.75) is 19.8 Å². The van der Waals surface area contributed by atoms with Gasteiger partial charge in [-0.05, 0) is 37.5 Å². The van der Waals surface area contributed by atoms with Gasteiger partial charge in [-0.25, -0.2) is 5.14 Å². The largest absolute Gasteiger partial charge is 0.492 e. The molecule has 0 radical (unpaired) electrons. The summed E-state index contributed by atoms with van der Waals surface area (Å²) in [6, 6.07) is 7.72. The maximum absolute atomic E-state index is 12.1. The zero-order chi connectivity index (χ0) is 16.9. The van der Waals surface area contributed by atoms with Gasteiger partial charge in [-0.15, -0.1) is 0 Å². The van der Waals surface area contributed by atoms with E-state index in [9.17, 15) is 13.2 Å². The van der Waals surface area contributed by atoms with Crippen molar-refractivity contribution >= 4 is 16.1 Å². The summed E-state index contributed by atoms with van der Waals surface area (Å²) in [4.78, 5) is 12.1. The molecular weight excluding hydrogens is 318 g/mol. The number of nitrogens with one attached hydrogen (secondary N) is 1. The first kappa shape index (κ1) is 17.7. The van der Waals surface area contributed by atoms with Gasteiger partial charge < -0.3 is 10.1 Å². The van der Waals surface area contributed by atoms with Crippen LogP contribution in [0.1, 0.15) is 18.4 Å². The molecule has 0 atom stereocenters. The first-order valence-electron chi connectivity index (χ1n) is 7.61. The maximum atomic E-state index is 12.1. The van der Waals surface area contributed by atoms with Crippen LogP contribution in [-0.4, -0.2) is 44.9 Å². The van der Waals surface area contributed by atoms with Crippen LogP contribution in [0.25, 0.3) is 0 Å². The van der Waals surface area contributed by atoms with Gasteiger partial charge in [-0.3, -0.25) is 4.79 Å². The Labute approximate surface area is 137 Å². The fraction of sp³-hybridized carbons (Fsp3) is 0.533. The number of hydrogen-bond acceptors (Lipinski definition) is 4. The van der Waals surface area contributed by atoms with Crippen molar-refractivity contribution in [1.82, 2.24) is 9.62 Å². The second-order valence-electron chi connectivity index (χ2n) is 5.67. The topological polar surface area (TPSA) is 102 Å². The molecule has 7 nitrogen and oxygen atoms in total. The summed E-state index contributed by atoms with van der Waals surface area (Å²) in [5, 5.41) is 7.90. The predicted molar refractivity (Wildman–Crippen MR) is 87.1 cm³/mol. The highest BCUT2D eigenvalue weighted by Gasteiger charge is 2.28. The molecule has 0 aliphatic carbocycles. The summed E-state index contributed by atoms with van der Waals surface area (Å²) in [5.74, 6) is 0.541. The van der Waals surface area contributed by atoms with Crippen LogP contribution in [0.2, 0.25) is 0 Å². The molecule has 2 rings (SSSR count). The molecular formula is C15H23N3O4S. The van der Waals surface area contributed by atoms with Gasteiger partial charge in [-0.1, -0.05) is 12.1 Å². The van der Waals surface area contributed by atoms with Crippen LogP contribution >= 0.6 is 0 Å². The fourth-order valence-electron chi connectivity index (χ4n) is 2.57. The number of amides is 1. The minimum Gasteiger partial charge on any atom is -0.492 e. The summed E-state index contributed by atoms with van der Waals surface area (Å²) in [6.07, 6.45) is 0.974. The first-order chi connectivity index (χ1) is 10.9. The molecule has 1 aromatic rings. The number of piperidine rings is 1. The van der Waals surface area contributed by atoms with Gasteiger partial charge >= 0.3 is 0 Å². The standard InChI is InChI=1S/C15H23N3O4S/c1-12-3-2-4-14(11-12)22-10-7-17-15(19)13-5-8-18(9-6-13)23(16,20)21/h2-4,11,13H,5-10H2,1H3,(H,17,19)(H2,16,20,21). The lowest BCUT2D eigenvalue weighted by molar-refractivity contribution is -0.126. The number of aryl methyl sites for hydroxylation is 1. The minimum atomic E-state index is -3.65. The zero-order valence-electron chi connectivity index (χ0n) is 13.2. The summed E-state index contributed by atoms with van der Waals surface area (Å²) < 4.78 is 29.2. The normalized spacial score (nSPS) is 17.0. The van der Waals surface area contributed by atoms with E-state index in [1.54, 1.807) is 0 Å². The van der Waals surface area contributed by atoms with Crippen molar-refractivity contribution in [3.05, 3.63) is 29.8 Å². The van der Waals surface area contributed by atoms with E-state index < -0.39 is 10.2 Å². The third kappa shape index (κ3) is 5.49. The molecule has 1 aromatic carbocycles. The van der Waals surface area contributed by atoms with Crippen molar-refractivity contribution < 1.29 is 17.9 Å². The van der Waals surface area contributed by atoms with Gasteiger partial charge in [0.25, 0.3) is 10.2 Å². The summed E-state index contributed by atoms with van der Waals surface area (Å²) >= 11 is 0. The molecule has 0 spiro atoms. The molecule has 0 saturated carbocycles. The second kappa shape index (κ2) is 7.76. The van der Waals surface area contributed by atoms with E-state index in [1.165, 1.54) is 4.31 Å². The average molecular weight is 341 g/mol. The Kier molecular flexibility index (Phi) is 5.97. The third-order valence-electron chi connectivity index (χ3n) is 3.84. The Hall–Kier alpha value is -1.64. The smallest absolute Gasteiger partial charge is 0.276 e. The van der Waals surface area contributed by atoms with Crippen molar-refractivity contribution in [2.75, 3.05) is 26.2 Å². The first-order valence-corrected chi connectivity index (χ1v) is 9.11. The Balaban J connectivity index is 1.68. The molecule has 1 aliphatic heterocycles. The minimum absolute atomic E-state index is 0.0630. The van der Waals surface area contributed by atoms with Gasteiger partial charge in [0.05, 0.1) is 6.54 Å². The highest BCUT2D eigenvalue weighted by molar-refractivity contribution is 7.86. The number of carbonyl (C=O) groups is 1. The van der Waals surface area contributed by atoms with E-state index in [2.05, 4.69) is 5.32 Å². The van der Waals surface area contributed by atoms with Crippen molar-refractivity contribution in [3.8, 4) is 5.75 Å². The van der Waals surface area contributed by atoms with E-state index >= 15 is 0 Å². The molecule has 3 N–H and O–H groups in total. The lowest BCUT2D eigenvalue weighted by Crippen LogP contribution is -2.45. The Morgan fingerprint density at radius 1 is 1.39 bits per heavy atom. The van der Waals surface area contributed by atoms with Crippen LogP contribution in [-0.2, 0) is 15.0 Å². The monoisotopic (exact) mass is 341 g/mol. The average Bonchev–Trinajstić information content (AvgIpc) is 2.51. The van der Waals surface area contributed by atoms with Crippen LogP contribution in [0.3, 0.4) is 0 Å². The van der Waals surface area contributed by atoms with Crippen molar-refractivity contribution in [1.29, 1.82) is 0 Å². The Morgan fingerprint density at radius 3 is 2.70 bits per heavy atom. The number of rotatable bonds is 6. The molecule has 0 bridgehead atoms. The van der Waals surface area contributed by atoms with Gasteiger partial charge in [0, 0.05) is 19.0 Å². The molecule has 1 heterocycles. The third-order valence-corrected chi connectivity index (χ3v) is 4.93. The summed E-state index contributed by atoms with van der Waals surface area (Å²) in [5.41, 5.74) is 1.12. The van der Waals surface area contributed by atoms with E-state index in [0.29, 0.717) is 26.0 Å². The second-order valence-corrected chi connectivity index (χ2v) is 7.22. The molecule has 1 aliphatic rings. The van der Waals surface area contributed by atoms with E-state index in [4.69, 9.17) is 9.88 Å². The lowest BCUT2D eigenvalue weighted by Gasteiger charge is -2.29. The number of hydrogen-bond donors (Lipinski definition) is 2. The molecule has 0 unspecified atom stereocenters. The van der Waals surface area contributed by atoms with Crippen LogP contribution in [0.5, 0.6) is 5.75 Å². The predicted octanol–water partition coefficient (Wildman–Crippen LogP) is 0.406. The Morgan fingerprint density at radius 2 is 2.09 bits per heavy atom. The highest BCUT2D eigenvalue weighted by atomic mass is 32.2. The maximum Gasteiger partial charge on any atom is 0.276 e. The van der Waals surface area contributed by atoms with Crippen LogP contribution in [0.15, 0.2) is 24.3 Å². The number of benzene rings is 1. The Bertz CT molecular complexity index is 640. The summed E-state index contributed by atoms with van der Waals surface area (Å²) in [7, 11) is -3.65. The molecule has 1 saturated heterocycles. The summed E-state index contributed by atoms with van der Waals surface area (Å²) in [6.45, 7) is 3.38. The lowest BCUT2D eigenvalue weighted by atomic mass is 9.97. The number of carbonyl (C=O) groups excluding carboxylic acids is 1. The molecule has 0 aromatic heterocycles. The van der Waals surface area contributed by atoms with Gasteiger partial charge in [0.15, 0.2) is 0 Å². The number of nitrogens with two attached hydrogens (primary N) is 1. The van der Waals surface area contributed by atoms with Gasteiger partial charge in [0.1, 0.15) is 12.4 Å². The quantitative estimate of drug-likeness (QED) is 0.732. The molecule has 128 valence electrons. The van der Waals surface area contributed by atoms with Crippen LogP contribution in [0, 0.1) is 12.8 Å². The number of nitrogens with zero attached hydrogens (tertiary/aromatic N) is 1.